The number of aryl methyl sites for hydroxylation is 3. The molecule has 0 saturated carbocycles. The molecule has 1 aromatic rings. The number of ether oxygens (including phenoxy) is 6. The molecule has 0 amide bonds. The third kappa shape index (κ3) is 3.87. The third-order valence-electron chi connectivity index (χ3n) is 6.39. The zero-order chi connectivity index (χ0) is 22.9. The van der Waals surface area contributed by atoms with Gasteiger partial charge in [-0.3, -0.25) is 0 Å². The van der Waals surface area contributed by atoms with E-state index in [0.717, 1.165) is 11.3 Å². The van der Waals surface area contributed by atoms with Crippen LogP contribution in [0.4, 0.5) is 0 Å². The Hall–Kier alpha value is -1.55. The topological polar surface area (TPSA) is 77.0 Å². The van der Waals surface area contributed by atoms with Gasteiger partial charge in [0.15, 0.2) is 11.6 Å². The lowest BCUT2D eigenvalue weighted by molar-refractivity contribution is -0.353. The first-order valence-electron chi connectivity index (χ1n) is 11.3. The molecule has 0 radical (unpaired) electrons. The molecule has 5 atom stereocenters. The van der Waals surface area contributed by atoms with Crippen molar-refractivity contribution in [3.8, 4) is 0 Å². The lowest BCUT2D eigenvalue weighted by Gasteiger charge is -2.44. The second kappa shape index (κ2) is 7.48. The van der Waals surface area contributed by atoms with Crippen LogP contribution in [0.1, 0.15) is 56.4 Å². The molecular formula is C24H33NO7. The van der Waals surface area contributed by atoms with Crippen molar-refractivity contribution in [3.05, 3.63) is 34.4 Å². The Bertz CT molecular complexity index is 917. The first-order chi connectivity index (χ1) is 15.0. The van der Waals surface area contributed by atoms with Crippen LogP contribution in [0.15, 0.2) is 17.3 Å². The molecule has 3 saturated heterocycles. The Morgan fingerprint density at radius 2 is 1.69 bits per heavy atom. The summed E-state index contributed by atoms with van der Waals surface area (Å²) in [5, 5.41) is 4.37. The van der Waals surface area contributed by atoms with E-state index in [1.54, 1.807) is 0 Å². The number of nitrogens with zero attached hydrogens (tertiary/aromatic N) is 1. The van der Waals surface area contributed by atoms with Crippen LogP contribution in [0.25, 0.3) is 0 Å². The summed E-state index contributed by atoms with van der Waals surface area (Å²) in [6, 6.07) is 4.32. The van der Waals surface area contributed by atoms with Crippen molar-refractivity contribution in [1.29, 1.82) is 0 Å². The highest BCUT2D eigenvalue weighted by atomic mass is 16.9. The van der Waals surface area contributed by atoms with Crippen LogP contribution in [0.3, 0.4) is 0 Å². The second-order valence-corrected chi connectivity index (χ2v) is 10.2. The summed E-state index contributed by atoms with van der Waals surface area (Å²) in [7, 11) is 0. The fourth-order valence-corrected chi connectivity index (χ4v) is 5.32. The fourth-order valence-electron chi connectivity index (χ4n) is 5.32. The summed E-state index contributed by atoms with van der Waals surface area (Å²) < 4.78 is 37.0. The van der Waals surface area contributed by atoms with Crippen LogP contribution < -0.4 is 0 Å². The van der Waals surface area contributed by atoms with Crippen LogP contribution >= 0.6 is 0 Å². The van der Waals surface area contributed by atoms with E-state index in [2.05, 4.69) is 38.1 Å². The molecule has 0 aliphatic carbocycles. The monoisotopic (exact) mass is 447 g/mol. The molecule has 0 unspecified atom stereocenters. The van der Waals surface area contributed by atoms with Crippen LogP contribution in [0.5, 0.6) is 0 Å². The van der Waals surface area contributed by atoms with Gasteiger partial charge in [-0.15, -0.1) is 0 Å². The maximum atomic E-state index is 6.47. The van der Waals surface area contributed by atoms with Crippen LogP contribution in [0.2, 0.25) is 0 Å². The minimum Gasteiger partial charge on any atom is -0.363 e. The maximum Gasteiger partial charge on any atom is 0.233 e. The lowest BCUT2D eigenvalue weighted by atomic mass is 9.94. The van der Waals surface area contributed by atoms with E-state index in [4.69, 9.17) is 33.3 Å². The van der Waals surface area contributed by atoms with Crippen LogP contribution in [0, 0.1) is 20.8 Å². The first-order valence-corrected chi connectivity index (χ1v) is 11.3. The van der Waals surface area contributed by atoms with E-state index < -0.39 is 29.8 Å². The average Bonchev–Trinajstić information content (AvgIpc) is 3.33. The predicted molar refractivity (Wildman–Crippen MR) is 115 cm³/mol. The molecule has 1 spiro atoms. The fraction of sp³-hybridized carbons (Fsp3) is 0.708. The van der Waals surface area contributed by atoms with E-state index in [1.807, 2.05) is 27.7 Å². The highest BCUT2D eigenvalue weighted by molar-refractivity contribution is 6.03. The molecule has 5 rings (SSSR count). The molecule has 4 heterocycles. The summed E-state index contributed by atoms with van der Waals surface area (Å²) in [5.74, 6) is -2.64. The molecule has 8 nitrogen and oxygen atoms in total. The molecule has 0 bridgehead atoms. The van der Waals surface area contributed by atoms with Gasteiger partial charge < -0.3 is 33.3 Å². The summed E-state index contributed by atoms with van der Waals surface area (Å²) in [6.07, 6.45) is -1.33. The summed E-state index contributed by atoms with van der Waals surface area (Å²) in [4.78, 5) is 5.74. The van der Waals surface area contributed by atoms with Crippen molar-refractivity contribution in [2.24, 2.45) is 5.16 Å². The molecule has 4 aliphatic heterocycles. The standard InChI is InChI=1S/C24H33NO7/c1-13-8-14(2)19(15(3)9-13)16-10-18(31-25-16)28-21-20-17(29-23(6,7)30-20)11-26-24(21)12-27-22(4,5)32-24/h8-9,17-18,20-21H,10-12H2,1-7H3/t17-,18+,20-,21-,24+/m1/s1. The van der Waals surface area contributed by atoms with Gasteiger partial charge in [-0.2, -0.15) is 0 Å². The minimum absolute atomic E-state index is 0.230. The Morgan fingerprint density at radius 3 is 2.34 bits per heavy atom. The number of hydrogen-bond donors (Lipinski definition) is 0. The number of hydrogen-bond acceptors (Lipinski definition) is 8. The summed E-state index contributed by atoms with van der Waals surface area (Å²) in [5.41, 5.74) is 5.56. The van der Waals surface area contributed by atoms with Gasteiger partial charge in [0.2, 0.25) is 12.1 Å². The van der Waals surface area contributed by atoms with E-state index >= 15 is 0 Å². The van der Waals surface area contributed by atoms with Crippen molar-refractivity contribution in [1.82, 2.24) is 0 Å². The molecular weight excluding hydrogens is 414 g/mol. The van der Waals surface area contributed by atoms with Gasteiger partial charge in [-0.25, -0.2) is 0 Å². The zero-order valence-electron chi connectivity index (χ0n) is 19.9. The molecule has 1 aromatic carbocycles. The van der Waals surface area contributed by atoms with Gasteiger partial charge in [0.1, 0.15) is 24.9 Å². The lowest BCUT2D eigenvalue weighted by Crippen LogP contribution is -2.63. The quantitative estimate of drug-likeness (QED) is 0.702. The largest absolute Gasteiger partial charge is 0.363 e. The van der Waals surface area contributed by atoms with E-state index in [1.165, 1.54) is 16.7 Å². The highest BCUT2D eigenvalue weighted by Crippen LogP contribution is 2.46. The van der Waals surface area contributed by atoms with Gasteiger partial charge in [-0.1, -0.05) is 22.9 Å². The van der Waals surface area contributed by atoms with E-state index in [-0.39, 0.29) is 18.8 Å². The van der Waals surface area contributed by atoms with Crippen molar-refractivity contribution in [2.45, 2.75) is 96.9 Å². The van der Waals surface area contributed by atoms with Gasteiger partial charge in [0.05, 0.1) is 18.7 Å². The Balaban J connectivity index is 1.38. The maximum absolute atomic E-state index is 6.47. The van der Waals surface area contributed by atoms with Crippen molar-refractivity contribution in [2.75, 3.05) is 13.2 Å². The molecule has 176 valence electrons. The molecule has 3 fully saturated rings. The van der Waals surface area contributed by atoms with Crippen molar-refractivity contribution < 1.29 is 33.3 Å². The molecule has 8 heteroatoms. The molecule has 4 aliphatic rings. The predicted octanol–water partition coefficient (Wildman–Crippen LogP) is 3.48. The van der Waals surface area contributed by atoms with E-state index in [9.17, 15) is 0 Å². The van der Waals surface area contributed by atoms with Crippen molar-refractivity contribution in [3.63, 3.8) is 0 Å². The summed E-state index contributed by atoms with van der Waals surface area (Å²) in [6.45, 7) is 14.4. The number of benzene rings is 1. The SMILES string of the molecule is Cc1cc(C)c(C2=NO[C@H](O[C@@H]3[C@@H]4OC(C)(C)O[C@@H]4CO[C@]34COC(C)(C)O4)C2)c(C)c1. The molecule has 0 N–H and O–H groups in total. The number of fused-ring (bicyclic) bond motifs is 1. The number of oxime groups is 1. The van der Waals surface area contributed by atoms with Gasteiger partial charge in [0.25, 0.3) is 0 Å². The zero-order valence-corrected chi connectivity index (χ0v) is 19.9. The smallest absolute Gasteiger partial charge is 0.233 e. The Morgan fingerprint density at radius 1 is 0.969 bits per heavy atom. The normalized spacial score (nSPS) is 37.4. The second-order valence-electron chi connectivity index (χ2n) is 10.2. The molecule has 32 heavy (non-hydrogen) atoms. The highest BCUT2D eigenvalue weighted by Gasteiger charge is 2.64. The third-order valence-corrected chi connectivity index (χ3v) is 6.39. The molecule has 0 aromatic heterocycles. The average molecular weight is 448 g/mol. The van der Waals surface area contributed by atoms with Crippen LogP contribution in [-0.4, -0.2) is 60.9 Å². The first kappa shape index (κ1) is 22.3. The Kier molecular flexibility index (Phi) is 5.20. The summed E-state index contributed by atoms with van der Waals surface area (Å²) >= 11 is 0. The van der Waals surface area contributed by atoms with Gasteiger partial charge in [0, 0.05) is 5.56 Å². The Labute approximate surface area is 189 Å². The number of rotatable bonds is 3. The van der Waals surface area contributed by atoms with Gasteiger partial charge in [-0.05, 0) is 59.6 Å². The van der Waals surface area contributed by atoms with Crippen molar-refractivity contribution >= 4 is 5.71 Å². The minimum atomic E-state index is -1.10. The van der Waals surface area contributed by atoms with Gasteiger partial charge >= 0.3 is 0 Å². The van der Waals surface area contributed by atoms with E-state index in [0.29, 0.717) is 13.0 Å². The van der Waals surface area contributed by atoms with Crippen LogP contribution in [-0.2, 0) is 33.3 Å².